The molecular weight excluding hydrogens is 348 g/mol. The molecule has 0 fully saturated rings. The lowest BCUT2D eigenvalue weighted by Crippen LogP contribution is -2.13. The second kappa shape index (κ2) is 7.83. The molecule has 3 aromatic carbocycles. The van der Waals surface area contributed by atoms with Gasteiger partial charge in [-0.05, 0) is 35.7 Å². The third kappa shape index (κ3) is 4.38. The maximum Gasteiger partial charge on any atom is 0.297 e. The van der Waals surface area contributed by atoms with Gasteiger partial charge in [0.1, 0.15) is 6.10 Å². The molecule has 4 nitrogen and oxygen atoms in total. The minimum Gasteiger partial charge on any atom is -0.386 e. The van der Waals surface area contributed by atoms with E-state index in [0.29, 0.717) is 5.56 Å². The van der Waals surface area contributed by atoms with Gasteiger partial charge in [0.25, 0.3) is 10.1 Å². The van der Waals surface area contributed by atoms with Crippen molar-refractivity contribution in [1.82, 2.24) is 0 Å². The molecular formula is C21H20O4S. The van der Waals surface area contributed by atoms with Crippen LogP contribution in [0, 0.1) is 6.92 Å². The monoisotopic (exact) mass is 368 g/mol. The summed E-state index contributed by atoms with van der Waals surface area (Å²) in [7, 11) is -3.89. The number of hydrogen-bond donors (Lipinski definition) is 1. The Bertz CT molecular complexity index is 947. The van der Waals surface area contributed by atoms with Gasteiger partial charge in [-0.15, -0.1) is 0 Å². The van der Waals surface area contributed by atoms with Crippen LogP contribution < -0.4 is 0 Å². The van der Waals surface area contributed by atoms with Gasteiger partial charge in [0.15, 0.2) is 0 Å². The molecule has 0 aliphatic carbocycles. The fourth-order valence-electron chi connectivity index (χ4n) is 2.55. The van der Waals surface area contributed by atoms with Crippen molar-refractivity contribution in [2.75, 3.05) is 6.61 Å². The van der Waals surface area contributed by atoms with Gasteiger partial charge in [-0.2, -0.15) is 8.42 Å². The Kier molecular flexibility index (Phi) is 5.52. The van der Waals surface area contributed by atoms with Gasteiger partial charge in [0.2, 0.25) is 0 Å². The molecule has 0 aliphatic rings. The summed E-state index contributed by atoms with van der Waals surface area (Å²) in [4.78, 5) is 0.0784. The van der Waals surface area contributed by atoms with Crippen LogP contribution in [0.25, 0.3) is 11.1 Å². The predicted octanol–water partition coefficient (Wildman–Crippen LogP) is 4.10. The van der Waals surface area contributed by atoms with E-state index in [1.54, 1.807) is 24.3 Å². The fourth-order valence-corrected chi connectivity index (χ4v) is 3.47. The summed E-state index contributed by atoms with van der Waals surface area (Å²) in [5, 5.41) is 10.2. The lowest BCUT2D eigenvalue weighted by molar-refractivity contribution is 0.111. The fraction of sp³-hybridized carbons (Fsp3) is 0.143. The van der Waals surface area contributed by atoms with Gasteiger partial charge in [0, 0.05) is 0 Å². The molecule has 0 bridgehead atoms. The Morgan fingerprint density at radius 2 is 1.42 bits per heavy atom. The van der Waals surface area contributed by atoms with E-state index in [4.69, 9.17) is 4.18 Å². The number of rotatable bonds is 6. The lowest BCUT2D eigenvalue weighted by Gasteiger charge is -2.13. The zero-order valence-corrected chi connectivity index (χ0v) is 15.2. The van der Waals surface area contributed by atoms with Gasteiger partial charge < -0.3 is 5.11 Å². The molecule has 0 amide bonds. The van der Waals surface area contributed by atoms with Crippen LogP contribution in [0.4, 0.5) is 0 Å². The van der Waals surface area contributed by atoms with Crippen LogP contribution in [0.1, 0.15) is 17.2 Å². The maximum atomic E-state index is 12.2. The minimum absolute atomic E-state index is 0.0784. The average Bonchev–Trinajstić information content (AvgIpc) is 2.67. The third-order valence-corrected chi connectivity index (χ3v) is 5.39. The average molecular weight is 368 g/mol. The molecule has 1 atom stereocenters. The van der Waals surface area contributed by atoms with E-state index in [9.17, 15) is 13.5 Å². The number of hydrogen-bond acceptors (Lipinski definition) is 4. The van der Waals surface area contributed by atoms with Gasteiger partial charge in [-0.25, -0.2) is 0 Å². The SMILES string of the molecule is Cc1ccc(S(=O)(=O)OC[C@@H](O)c2ccc(-c3ccccc3)cc2)cc1. The van der Waals surface area contributed by atoms with Crippen molar-refractivity contribution in [1.29, 1.82) is 0 Å². The quantitative estimate of drug-likeness (QED) is 0.665. The maximum absolute atomic E-state index is 12.2. The number of aliphatic hydroxyl groups is 1. The Morgan fingerprint density at radius 3 is 2.04 bits per heavy atom. The van der Waals surface area contributed by atoms with Crippen molar-refractivity contribution in [3.05, 3.63) is 90.0 Å². The molecule has 3 rings (SSSR count). The van der Waals surface area contributed by atoms with Crippen molar-refractivity contribution >= 4 is 10.1 Å². The van der Waals surface area contributed by atoms with Crippen LogP contribution in [0.2, 0.25) is 0 Å². The van der Waals surface area contributed by atoms with Crippen LogP contribution in [-0.2, 0) is 14.3 Å². The predicted molar refractivity (Wildman–Crippen MR) is 101 cm³/mol. The van der Waals surface area contributed by atoms with Crippen LogP contribution in [0.15, 0.2) is 83.8 Å². The number of benzene rings is 3. The molecule has 0 aliphatic heterocycles. The highest BCUT2D eigenvalue weighted by atomic mass is 32.2. The highest BCUT2D eigenvalue weighted by molar-refractivity contribution is 7.86. The standard InChI is InChI=1S/C21H20O4S/c1-16-7-13-20(14-8-16)26(23,24)25-15-21(22)19-11-9-18(10-12-19)17-5-3-2-4-6-17/h2-14,21-22H,15H2,1H3/t21-/m1/s1. The van der Waals surface area contributed by atoms with Gasteiger partial charge >= 0.3 is 0 Å². The van der Waals surface area contributed by atoms with Crippen molar-refractivity contribution in [2.45, 2.75) is 17.9 Å². The highest BCUT2D eigenvalue weighted by Crippen LogP contribution is 2.23. The Labute approximate surface area is 153 Å². The largest absolute Gasteiger partial charge is 0.386 e. The Hall–Kier alpha value is -2.47. The molecule has 1 N–H and O–H groups in total. The van der Waals surface area contributed by atoms with Crippen molar-refractivity contribution in [3.8, 4) is 11.1 Å². The van der Waals surface area contributed by atoms with Crippen molar-refractivity contribution in [2.24, 2.45) is 0 Å². The lowest BCUT2D eigenvalue weighted by atomic mass is 10.0. The summed E-state index contributed by atoms with van der Waals surface area (Å²) in [6.45, 7) is 1.54. The van der Waals surface area contributed by atoms with Crippen molar-refractivity contribution < 1.29 is 17.7 Å². The molecule has 0 saturated heterocycles. The van der Waals surface area contributed by atoms with E-state index in [1.807, 2.05) is 49.4 Å². The molecule has 0 saturated carbocycles. The first-order chi connectivity index (χ1) is 12.5. The first-order valence-electron chi connectivity index (χ1n) is 8.25. The molecule has 0 aromatic heterocycles. The van der Waals surface area contributed by atoms with E-state index in [0.717, 1.165) is 16.7 Å². The molecule has 0 unspecified atom stereocenters. The van der Waals surface area contributed by atoms with Gasteiger partial charge in [0.05, 0.1) is 11.5 Å². The number of aliphatic hydroxyl groups excluding tert-OH is 1. The normalized spacial score (nSPS) is 12.7. The third-order valence-electron chi connectivity index (χ3n) is 4.09. The summed E-state index contributed by atoms with van der Waals surface area (Å²) < 4.78 is 29.4. The van der Waals surface area contributed by atoms with Crippen LogP contribution in [0.3, 0.4) is 0 Å². The highest BCUT2D eigenvalue weighted by Gasteiger charge is 2.18. The zero-order chi connectivity index (χ0) is 18.6. The molecule has 3 aromatic rings. The minimum atomic E-state index is -3.89. The van der Waals surface area contributed by atoms with E-state index in [-0.39, 0.29) is 11.5 Å². The zero-order valence-electron chi connectivity index (χ0n) is 14.4. The van der Waals surface area contributed by atoms with E-state index < -0.39 is 16.2 Å². The Morgan fingerprint density at radius 1 is 0.846 bits per heavy atom. The second-order valence-electron chi connectivity index (χ2n) is 6.06. The number of aryl methyl sites for hydroxylation is 1. The first-order valence-corrected chi connectivity index (χ1v) is 9.66. The van der Waals surface area contributed by atoms with Crippen LogP contribution in [0.5, 0.6) is 0 Å². The van der Waals surface area contributed by atoms with Crippen LogP contribution in [-0.4, -0.2) is 20.1 Å². The second-order valence-corrected chi connectivity index (χ2v) is 7.67. The molecule has 0 heterocycles. The summed E-state index contributed by atoms with van der Waals surface area (Å²) in [5.41, 5.74) is 3.66. The summed E-state index contributed by atoms with van der Waals surface area (Å²) >= 11 is 0. The summed E-state index contributed by atoms with van der Waals surface area (Å²) in [6, 6.07) is 23.6. The first kappa shape index (κ1) is 18.3. The molecule has 26 heavy (non-hydrogen) atoms. The summed E-state index contributed by atoms with van der Waals surface area (Å²) in [5.74, 6) is 0. The summed E-state index contributed by atoms with van der Waals surface area (Å²) in [6.07, 6.45) is -1.03. The molecule has 0 radical (unpaired) electrons. The van der Waals surface area contributed by atoms with Crippen molar-refractivity contribution in [3.63, 3.8) is 0 Å². The molecule has 0 spiro atoms. The van der Waals surface area contributed by atoms with E-state index in [1.165, 1.54) is 12.1 Å². The Balaban J connectivity index is 1.66. The van der Waals surface area contributed by atoms with Gasteiger partial charge in [-0.3, -0.25) is 4.18 Å². The van der Waals surface area contributed by atoms with Gasteiger partial charge in [-0.1, -0.05) is 72.3 Å². The molecule has 5 heteroatoms. The van der Waals surface area contributed by atoms with E-state index in [2.05, 4.69) is 0 Å². The van der Waals surface area contributed by atoms with E-state index >= 15 is 0 Å². The molecule has 134 valence electrons. The smallest absolute Gasteiger partial charge is 0.297 e. The van der Waals surface area contributed by atoms with Crippen LogP contribution >= 0.6 is 0 Å². The topological polar surface area (TPSA) is 63.6 Å².